The fraction of sp³-hybridized carbons (Fsp3) is 0.538. The molecule has 1 saturated heterocycles. The van der Waals surface area contributed by atoms with Crippen LogP contribution in [0.4, 0.5) is 10.6 Å². The van der Waals surface area contributed by atoms with E-state index in [1.807, 2.05) is 0 Å². The molecule has 27 heavy (non-hydrogen) atoms. The van der Waals surface area contributed by atoms with E-state index in [0.717, 1.165) is 11.8 Å². The lowest BCUT2D eigenvalue weighted by Gasteiger charge is -2.19. The molecule has 0 spiro atoms. The molecule has 0 aromatic carbocycles. The first kappa shape index (κ1) is 21.1. The molecule has 1 fully saturated rings. The Morgan fingerprint density at radius 1 is 1.33 bits per heavy atom. The van der Waals surface area contributed by atoms with Crippen LogP contribution in [-0.2, 0) is 14.9 Å². The van der Waals surface area contributed by atoms with Crippen molar-refractivity contribution < 1.29 is 27.5 Å². The first-order valence-electron chi connectivity index (χ1n) is 7.63. The summed E-state index contributed by atoms with van der Waals surface area (Å²) in [5.74, 6) is 1.17. The second-order valence-electron chi connectivity index (χ2n) is 4.82. The molecule has 2 rings (SSSR count). The molecule has 1 unspecified atom stereocenters. The van der Waals surface area contributed by atoms with Crippen molar-refractivity contribution in [1.29, 1.82) is 0 Å². The van der Waals surface area contributed by atoms with Crippen LogP contribution < -0.4 is 9.47 Å². The number of thioether (sulfide) groups is 1. The highest BCUT2D eigenvalue weighted by Crippen LogP contribution is 2.29. The number of rotatable bonds is 7. The van der Waals surface area contributed by atoms with Gasteiger partial charge >= 0.3 is 6.03 Å². The van der Waals surface area contributed by atoms with Crippen LogP contribution in [0, 0.1) is 0 Å². The molecule has 1 aliphatic heterocycles. The Hall–Kier alpha value is -2.16. The molecule has 0 saturated carbocycles. The number of carbonyl (C=O) groups excluding carboxylic acids is 1. The maximum atomic E-state index is 12.2. The highest BCUT2D eigenvalue weighted by atomic mass is 32.3. The molecule has 0 aliphatic carbocycles. The average Bonchev–Trinajstić information content (AvgIpc) is 3.14. The number of nitrogens with zero attached hydrogens (tertiary/aromatic N) is 6. The molecule has 1 atom stereocenters. The minimum atomic E-state index is -4.09. The molecule has 0 radical (unpaired) electrons. The van der Waals surface area contributed by atoms with Gasteiger partial charge in [-0.25, -0.2) is 13.2 Å². The molecule has 12 nitrogen and oxygen atoms in total. The van der Waals surface area contributed by atoms with Gasteiger partial charge in [0, 0.05) is 24.4 Å². The molecule has 1 aromatic heterocycles. The van der Waals surface area contributed by atoms with E-state index in [1.54, 1.807) is 6.92 Å². The second kappa shape index (κ2) is 9.68. The monoisotopic (exact) mass is 418 g/mol. The van der Waals surface area contributed by atoms with Gasteiger partial charge in [-0.15, -0.1) is 16.9 Å². The van der Waals surface area contributed by atoms with E-state index < -0.39 is 20.8 Å². The zero-order valence-electron chi connectivity index (χ0n) is 14.8. The predicted molar refractivity (Wildman–Crippen MR) is 95.6 cm³/mol. The van der Waals surface area contributed by atoms with Gasteiger partial charge in [0.1, 0.15) is 5.75 Å². The third kappa shape index (κ3) is 5.92. The standard InChI is InChI=1S/C13H18N6O6S2/c1-4-25-19-5-6-26-13(19)27(21,22)18-17-12(20)16-15-10-7-9(23-2)8-11(14-10)24-3/h7-8,13H,4-6H2,1-3H3. The minimum absolute atomic E-state index is 0.0199. The number of methoxy groups -OCH3 is 2. The van der Waals surface area contributed by atoms with Crippen molar-refractivity contribution in [2.45, 2.75) is 11.6 Å². The summed E-state index contributed by atoms with van der Waals surface area (Å²) in [4.78, 5) is 20.8. The fourth-order valence-electron chi connectivity index (χ4n) is 1.95. The SMILES string of the molecule is CCON1CCSC1S(=O)(=O)N=NC(=O)N=Nc1cc(OC)cc(OC)n1. The predicted octanol–water partition coefficient (Wildman–Crippen LogP) is 2.37. The number of urea groups is 1. The lowest BCUT2D eigenvalue weighted by atomic mass is 10.4. The van der Waals surface area contributed by atoms with Crippen LogP contribution in [0.15, 0.2) is 32.0 Å². The van der Waals surface area contributed by atoms with Crippen molar-refractivity contribution >= 4 is 33.6 Å². The number of amides is 2. The van der Waals surface area contributed by atoms with Crippen LogP contribution in [0.2, 0.25) is 0 Å². The van der Waals surface area contributed by atoms with Gasteiger partial charge in [-0.3, -0.25) is 4.84 Å². The first-order valence-corrected chi connectivity index (χ1v) is 10.2. The second-order valence-corrected chi connectivity index (χ2v) is 7.95. The lowest BCUT2D eigenvalue weighted by Crippen LogP contribution is -2.33. The summed E-state index contributed by atoms with van der Waals surface area (Å²) in [5, 5.41) is 11.2. The van der Waals surface area contributed by atoms with E-state index in [0.29, 0.717) is 24.7 Å². The van der Waals surface area contributed by atoms with Gasteiger partial charge in [-0.2, -0.15) is 10.0 Å². The highest BCUT2D eigenvalue weighted by Gasteiger charge is 2.37. The van der Waals surface area contributed by atoms with Crippen molar-refractivity contribution in [2.75, 3.05) is 33.1 Å². The van der Waals surface area contributed by atoms with E-state index in [4.69, 9.17) is 14.3 Å². The van der Waals surface area contributed by atoms with Gasteiger partial charge in [0.15, 0.2) is 5.82 Å². The normalized spacial score (nSPS) is 18.4. The quantitative estimate of drug-likeness (QED) is 0.609. The Morgan fingerprint density at radius 2 is 2.11 bits per heavy atom. The fourth-order valence-corrected chi connectivity index (χ4v) is 4.58. The Bertz CT molecular complexity index is 808. The third-order valence-corrected chi connectivity index (χ3v) is 6.17. The molecule has 2 amide bonds. The molecule has 0 bridgehead atoms. The number of hydrogen-bond donors (Lipinski definition) is 0. The smallest absolute Gasteiger partial charge is 0.405 e. The topological polar surface area (TPSA) is 144 Å². The Balaban J connectivity index is 2.07. The van der Waals surface area contributed by atoms with Crippen LogP contribution in [0.25, 0.3) is 0 Å². The summed E-state index contributed by atoms with van der Waals surface area (Å²) in [6, 6.07) is 1.71. The molecular weight excluding hydrogens is 400 g/mol. The summed E-state index contributed by atoms with van der Waals surface area (Å²) in [7, 11) is -1.25. The van der Waals surface area contributed by atoms with Gasteiger partial charge in [0.05, 0.1) is 20.8 Å². The number of hydrogen-bond acceptors (Lipinski definition) is 10. The summed E-state index contributed by atoms with van der Waals surface area (Å²) in [5.41, 5.74) is 0. The summed E-state index contributed by atoms with van der Waals surface area (Å²) in [6.45, 7) is 2.47. The molecule has 14 heteroatoms. The average molecular weight is 418 g/mol. The van der Waals surface area contributed by atoms with Crippen LogP contribution in [-0.4, -0.2) is 62.3 Å². The number of pyridine rings is 1. The highest BCUT2D eigenvalue weighted by molar-refractivity contribution is 8.13. The van der Waals surface area contributed by atoms with Crippen LogP contribution in [0.1, 0.15) is 6.92 Å². The third-order valence-electron chi connectivity index (χ3n) is 3.04. The van der Waals surface area contributed by atoms with Gasteiger partial charge in [-0.1, -0.05) is 14.7 Å². The van der Waals surface area contributed by atoms with Crippen LogP contribution in [0.5, 0.6) is 11.6 Å². The molecule has 1 aliphatic rings. The van der Waals surface area contributed by atoms with Gasteiger partial charge in [0.25, 0.3) is 10.0 Å². The first-order chi connectivity index (χ1) is 12.9. The van der Waals surface area contributed by atoms with Gasteiger partial charge in [0.2, 0.25) is 10.6 Å². The zero-order chi connectivity index (χ0) is 19.9. The van der Waals surface area contributed by atoms with Crippen LogP contribution >= 0.6 is 11.8 Å². The van der Waals surface area contributed by atoms with E-state index >= 15 is 0 Å². The number of sulfonamides is 1. The zero-order valence-corrected chi connectivity index (χ0v) is 16.4. The number of hydroxylamine groups is 2. The number of azo groups is 1. The summed E-state index contributed by atoms with van der Waals surface area (Å²) in [6.07, 6.45) is 0. The van der Waals surface area contributed by atoms with E-state index in [9.17, 15) is 13.2 Å². The van der Waals surface area contributed by atoms with E-state index in [-0.39, 0.29) is 11.7 Å². The molecule has 1 aromatic rings. The largest absolute Gasteiger partial charge is 0.496 e. The molecule has 0 N–H and O–H groups in total. The Kier molecular flexibility index (Phi) is 7.58. The number of aromatic nitrogens is 1. The minimum Gasteiger partial charge on any atom is -0.496 e. The maximum absolute atomic E-state index is 12.2. The van der Waals surface area contributed by atoms with E-state index in [1.165, 1.54) is 31.4 Å². The number of ether oxygens (including phenoxy) is 2. The van der Waals surface area contributed by atoms with Crippen molar-refractivity contribution in [3.05, 3.63) is 12.1 Å². The Labute approximate surface area is 160 Å². The molecule has 148 valence electrons. The summed E-state index contributed by atoms with van der Waals surface area (Å²) < 4.78 is 36.5. The summed E-state index contributed by atoms with van der Waals surface area (Å²) >= 11 is 1.12. The molecular formula is C13H18N6O6S2. The van der Waals surface area contributed by atoms with Crippen molar-refractivity contribution in [2.24, 2.45) is 19.9 Å². The van der Waals surface area contributed by atoms with Crippen molar-refractivity contribution in [3.8, 4) is 11.6 Å². The maximum Gasteiger partial charge on any atom is 0.405 e. The van der Waals surface area contributed by atoms with Gasteiger partial charge < -0.3 is 9.47 Å². The Morgan fingerprint density at radius 3 is 2.78 bits per heavy atom. The van der Waals surface area contributed by atoms with E-state index in [2.05, 4.69) is 24.8 Å². The van der Waals surface area contributed by atoms with Gasteiger partial charge in [-0.05, 0) is 6.92 Å². The lowest BCUT2D eigenvalue weighted by molar-refractivity contribution is -0.139. The number of carbonyl (C=O) groups is 1. The van der Waals surface area contributed by atoms with Crippen molar-refractivity contribution in [3.63, 3.8) is 0 Å². The van der Waals surface area contributed by atoms with Crippen LogP contribution in [0.3, 0.4) is 0 Å². The van der Waals surface area contributed by atoms with Crippen molar-refractivity contribution in [1.82, 2.24) is 10.0 Å². The molecule has 2 heterocycles.